The summed E-state index contributed by atoms with van der Waals surface area (Å²) in [6.45, 7) is 3.15. The Morgan fingerprint density at radius 2 is 1.87 bits per heavy atom. The molecule has 0 atom stereocenters. The normalized spacial score (nSPS) is 18.8. The fraction of sp³-hybridized carbons (Fsp3) is 0.364. The van der Waals surface area contributed by atoms with Crippen LogP contribution in [0.15, 0.2) is 54.9 Å². The van der Waals surface area contributed by atoms with Crippen LogP contribution in [0.25, 0.3) is 11.4 Å². The zero-order valence-electron chi connectivity index (χ0n) is 17.0. The Labute approximate surface area is 180 Å². The third-order valence-corrected chi connectivity index (χ3v) is 6.08. The monoisotopic (exact) mass is 424 g/mol. The van der Waals surface area contributed by atoms with E-state index in [1.54, 1.807) is 12.4 Å². The van der Waals surface area contributed by atoms with E-state index in [2.05, 4.69) is 21.7 Å². The van der Waals surface area contributed by atoms with E-state index in [0.29, 0.717) is 18.0 Å². The average Bonchev–Trinajstić information content (AvgIpc) is 3.10. The van der Waals surface area contributed by atoms with Gasteiger partial charge in [0.1, 0.15) is 0 Å². The molecule has 0 aliphatic carbocycles. The number of piperidine rings is 1. The lowest BCUT2D eigenvalue weighted by Gasteiger charge is -2.27. The van der Waals surface area contributed by atoms with E-state index in [-0.39, 0.29) is 11.9 Å². The second-order valence-electron chi connectivity index (χ2n) is 7.62. The molecule has 0 saturated carbocycles. The zero-order valence-corrected chi connectivity index (χ0v) is 17.8. The fourth-order valence-corrected chi connectivity index (χ4v) is 4.22. The van der Waals surface area contributed by atoms with Crippen LogP contribution in [0.1, 0.15) is 18.4 Å². The van der Waals surface area contributed by atoms with Crippen LogP contribution in [0.4, 0.5) is 0 Å². The number of carbonyl (C=O) groups is 1. The van der Waals surface area contributed by atoms with Gasteiger partial charge in [0.15, 0.2) is 12.5 Å². The number of carbonyl (C=O) groups excluding carboxylic acids is 1. The molecule has 0 radical (unpaired) electrons. The summed E-state index contributed by atoms with van der Waals surface area (Å²) in [4.78, 5) is 17.3. The molecule has 30 heavy (non-hydrogen) atoms. The van der Waals surface area contributed by atoms with Crippen LogP contribution in [0.5, 0.6) is 0 Å². The minimum atomic E-state index is -0.0993. The minimum absolute atomic E-state index is 0.00902. The van der Waals surface area contributed by atoms with Crippen LogP contribution in [0.2, 0.25) is 0 Å². The van der Waals surface area contributed by atoms with Crippen molar-refractivity contribution in [3.63, 3.8) is 0 Å². The first-order chi connectivity index (χ1) is 14.7. The first kappa shape index (κ1) is 20.4. The molecule has 3 heterocycles. The number of nitrogens with one attached hydrogen (secondary N) is 1. The number of likely N-dealkylation sites (tertiary alicyclic amines) is 1. The molecule has 0 unspecified atom stereocenters. The van der Waals surface area contributed by atoms with Gasteiger partial charge in [0.25, 0.3) is 0 Å². The highest BCUT2D eigenvalue weighted by Crippen LogP contribution is 2.19. The molecule has 8 heteroatoms. The summed E-state index contributed by atoms with van der Waals surface area (Å²) in [6, 6.07) is 14.2. The Morgan fingerprint density at radius 3 is 2.53 bits per heavy atom. The SMILES string of the molecule is COC(=O)C1CC[NH+](Cn2nc(-c3ccncc3)n(Cc3ccccc3)c2=S)CC1. The third-order valence-electron chi connectivity index (χ3n) is 5.65. The van der Waals surface area contributed by atoms with Gasteiger partial charge in [-0.3, -0.25) is 14.3 Å². The Morgan fingerprint density at radius 1 is 1.17 bits per heavy atom. The Balaban J connectivity index is 1.58. The number of hydrogen-bond donors (Lipinski definition) is 1. The van der Waals surface area contributed by atoms with Crippen molar-refractivity contribution < 1.29 is 14.4 Å². The van der Waals surface area contributed by atoms with E-state index >= 15 is 0 Å². The molecule has 1 N–H and O–H groups in total. The van der Waals surface area contributed by atoms with E-state index < -0.39 is 0 Å². The summed E-state index contributed by atoms with van der Waals surface area (Å²) in [6.07, 6.45) is 5.20. The van der Waals surface area contributed by atoms with Gasteiger partial charge in [-0.05, 0) is 29.9 Å². The average molecular weight is 425 g/mol. The van der Waals surface area contributed by atoms with Crippen molar-refractivity contribution in [2.45, 2.75) is 26.1 Å². The van der Waals surface area contributed by atoms with Crippen molar-refractivity contribution in [2.75, 3.05) is 20.2 Å². The number of pyridine rings is 1. The maximum Gasteiger partial charge on any atom is 0.309 e. The van der Waals surface area contributed by atoms with Crippen molar-refractivity contribution in [3.05, 3.63) is 65.2 Å². The summed E-state index contributed by atoms with van der Waals surface area (Å²) in [5.41, 5.74) is 2.17. The van der Waals surface area contributed by atoms with Gasteiger partial charge >= 0.3 is 5.97 Å². The highest BCUT2D eigenvalue weighted by Gasteiger charge is 2.28. The molecule has 3 aromatic rings. The number of ether oxygens (including phenoxy) is 1. The lowest BCUT2D eigenvalue weighted by atomic mass is 9.97. The van der Waals surface area contributed by atoms with Crippen LogP contribution in [-0.4, -0.2) is 45.5 Å². The van der Waals surface area contributed by atoms with Crippen LogP contribution >= 0.6 is 12.2 Å². The molecule has 4 rings (SSSR count). The molecule has 1 aromatic carbocycles. The van der Waals surface area contributed by atoms with Crippen molar-refractivity contribution >= 4 is 18.2 Å². The third kappa shape index (κ3) is 4.49. The van der Waals surface area contributed by atoms with Crippen LogP contribution in [-0.2, 0) is 22.7 Å². The second kappa shape index (κ2) is 9.32. The predicted octanol–water partition coefficient (Wildman–Crippen LogP) is 1.95. The van der Waals surface area contributed by atoms with Gasteiger partial charge in [-0.15, -0.1) is 5.10 Å². The van der Waals surface area contributed by atoms with Crippen molar-refractivity contribution in [1.82, 2.24) is 19.3 Å². The number of quaternary nitrogens is 1. The summed E-state index contributed by atoms with van der Waals surface area (Å²) in [5, 5.41) is 4.88. The number of hydrogen-bond acceptors (Lipinski definition) is 5. The molecule has 1 aliphatic rings. The molecular weight excluding hydrogens is 398 g/mol. The molecule has 1 saturated heterocycles. The topological polar surface area (TPSA) is 66.4 Å². The lowest BCUT2D eigenvalue weighted by molar-refractivity contribution is -0.929. The lowest BCUT2D eigenvalue weighted by Crippen LogP contribution is -3.12. The number of rotatable bonds is 6. The van der Waals surface area contributed by atoms with E-state index in [9.17, 15) is 4.79 Å². The molecule has 2 aromatic heterocycles. The number of benzene rings is 1. The van der Waals surface area contributed by atoms with Gasteiger partial charge < -0.3 is 9.64 Å². The molecule has 1 fully saturated rings. The fourth-order valence-electron chi connectivity index (χ4n) is 3.97. The highest BCUT2D eigenvalue weighted by atomic mass is 32.1. The largest absolute Gasteiger partial charge is 0.469 e. The van der Waals surface area contributed by atoms with Gasteiger partial charge in [-0.2, -0.15) is 4.68 Å². The summed E-state index contributed by atoms with van der Waals surface area (Å²) in [7, 11) is 1.46. The van der Waals surface area contributed by atoms with Crippen molar-refractivity contribution in [3.8, 4) is 11.4 Å². The smallest absolute Gasteiger partial charge is 0.309 e. The van der Waals surface area contributed by atoms with Gasteiger partial charge in [-0.1, -0.05) is 30.3 Å². The number of nitrogens with zero attached hydrogens (tertiary/aromatic N) is 4. The first-order valence-electron chi connectivity index (χ1n) is 10.2. The van der Waals surface area contributed by atoms with E-state index in [1.807, 2.05) is 35.0 Å². The predicted molar refractivity (Wildman–Crippen MR) is 115 cm³/mol. The van der Waals surface area contributed by atoms with Crippen LogP contribution < -0.4 is 4.90 Å². The second-order valence-corrected chi connectivity index (χ2v) is 7.98. The zero-order chi connectivity index (χ0) is 20.9. The van der Waals surface area contributed by atoms with Gasteiger partial charge in [-0.25, -0.2) is 0 Å². The van der Waals surface area contributed by atoms with Gasteiger partial charge in [0.2, 0.25) is 4.77 Å². The number of esters is 1. The van der Waals surface area contributed by atoms with Gasteiger partial charge in [0.05, 0.1) is 32.7 Å². The molecule has 0 amide bonds. The molecule has 0 bridgehead atoms. The molecule has 1 aliphatic heterocycles. The molecule has 156 valence electrons. The highest BCUT2D eigenvalue weighted by molar-refractivity contribution is 7.71. The maximum absolute atomic E-state index is 11.8. The molecular formula is C22H26N5O2S+. The quantitative estimate of drug-likeness (QED) is 0.484. The number of methoxy groups -OCH3 is 1. The van der Waals surface area contributed by atoms with Crippen molar-refractivity contribution in [2.24, 2.45) is 5.92 Å². The van der Waals surface area contributed by atoms with E-state index in [1.165, 1.54) is 17.6 Å². The van der Waals surface area contributed by atoms with Crippen LogP contribution in [0, 0.1) is 10.7 Å². The Kier molecular flexibility index (Phi) is 6.35. The summed E-state index contributed by atoms with van der Waals surface area (Å²) in [5.74, 6) is 0.752. The maximum atomic E-state index is 11.8. The van der Waals surface area contributed by atoms with Crippen LogP contribution in [0.3, 0.4) is 0 Å². The Hall–Kier alpha value is -2.84. The van der Waals surface area contributed by atoms with E-state index in [4.69, 9.17) is 22.1 Å². The Bertz CT molecular complexity index is 1040. The van der Waals surface area contributed by atoms with Crippen molar-refractivity contribution in [1.29, 1.82) is 0 Å². The standard InChI is InChI=1S/C22H25N5O2S/c1-29-21(28)19-9-13-25(14-10-19)16-27-22(30)26(15-17-5-3-2-4-6-17)20(24-27)18-7-11-23-12-8-18/h2-8,11-12,19H,9-10,13-16H2,1H3/p+1. The van der Waals surface area contributed by atoms with E-state index in [0.717, 1.165) is 37.3 Å². The summed E-state index contributed by atoms with van der Waals surface area (Å²) >= 11 is 5.82. The van der Waals surface area contributed by atoms with Gasteiger partial charge in [0, 0.05) is 30.8 Å². The molecule has 0 spiro atoms. The molecule has 7 nitrogen and oxygen atoms in total. The minimum Gasteiger partial charge on any atom is -0.469 e. The number of aromatic nitrogens is 4. The first-order valence-corrected chi connectivity index (χ1v) is 10.6. The summed E-state index contributed by atoms with van der Waals surface area (Å²) < 4.78 is 9.60.